The van der Waals surface area contributed by atoms with E-state index >= 15 is 0 Å². The average molecular weight is 344 g/mol. The van der Waals surface area contributed by atoms with Crippen LogP contribution in [-0.2, 0) is 6.42 Å². The molecular formula is C21H16N2O3. The summed E-state index contributed by atoms with van der Waals surface area (Å²) in [6, 6.07) is 25.1. The van der Waals surface area contributed by atoms with Gasteiger partial charge >= 0.3 is 6.16 Å². The maximum Gasteiger partial charge on any atom is 0.511 e. The molecule has 128 valence electrons. The van der Waals surface area contributed by atoms with Crippen LogP contribution >= 0.6 is 0 Å². The average Bonchev–Trinajstić information content (AvgIpc) is 3.01. The first-order chi connectivity index (χ1) is 12.7. The number of hydrogen-bond acceptors (Lipinski definition) is 3. The van der Waals surface area contributed by atoms with E-state index in [2.05, 4.69) is 12.1 Å². The normalized spacial score (nSPS) is 10.8. The van der Waals surface area contributed by atoms with E-state index in [0.29, 0.717) is 6.42 Å². The number of rotatable bonds is 4. The number of carboxylic acid groups (broad SMARTS) is 1. The molecule has 0 aliphatic heterocycles. The number of para-hydroxylation sites is 1. The molecule has 0 saturated heterocycles. The van der Waals surface area contributed by atoms with Gasteiger partial charge in [0.05, 0.1) is 16.9 Å². The van der Waals surface area contributed by atoms with Crippen LogP contribution in [-0.4, -0.2) is 21.0 Å². The fourth-order valence-electron chi connectivity index (χ4n) is 3.02. The summed E-state index contributed by atoms with van der Waals surface area (Å²) in [7, 11) is 0. The van der Waals surface area contributed by atoms with Crippen LogP contribution in [0.3, 0.4) is 0 Å². The number of fused-ring (bicyclic) bond motifs is 1. The number of nitrogens with zero attached hydrogens (tertiary/aromatic N) is 2. The minimum Gasteiger partial charge on any atom is -0.449 e. The number of benzene rings is 3. The van der Waals surface area contributed by atoms with Gasteiger partial charge < -0.3 is 9.84 Å². The van der Waals surface area contributed by atoms with Crippen LogP contribution in [0.5, 0.6) is 5.75 Å². The van der Waals surface area contributed by atoms with Crippen molar-refractivity contribution >= 4 is 17.1 Å². The van der Waals surface area contributed by atoms with Gasteiger partial charge in [0.2, 0.25) is 0 Å². The second-order valence-corrected chi connectivity index (χ2v) is 5.90. The lowest BCUT2D eigenvalue weighted by Gasteiger charge is -2.08. The Balaban J connectivity index is 1.89. The summed E-state index contributed by atoms with van der Waals surface area (Å²) in [5, 5.41) is 14.5. The standard InChI is InChI=1S/C21H16N2O3/c24-21(25)26-17-11-12-19-18(14-17)20(13-15-7-3-1-4-8-15)23(22-19)16-9-5-2-6-10-16/h1-12,14H,13H2,(H,24,25). The van der Waals surface area contributed by atoms with E-state index in [-0.39, 0.29) is 5.75 Å². The summed E-state index contributed by atoms with van der Waals surface area (Å²) in [5.41, 5.74) is 3.87. The Morgan fingerprint density at radius 1 is 0.962 bits per heavy atom. The third kappa shape index (κ3) is 3.15. The highest BCUT2D eigenvalue weighted by molar-refractivity contribution is 5.84. The van der Waals surface area contributed by atoms with Gasteiger partial charge in [-0.25, -0.2) is 9.48 Å². The molecule has 0 unspecified atom stereocenters. The number of ether oxygens (including phenoxy) is 1. The molecule has 0 bridgehead atoms. The molecule has 0 radical (unpaired) electrons. The van der Waals surface area contributed by atoms with Crippen LogP contribution in [0.4, 0.5) is 4.79 Å². The second kappa shape index (κ2) is 6.72. The van der Waals surface area contributed by atoms with E-state index in [0.717, 1.165) is 27.8 Å². The molecular weight excluding hydrogens is 328 g/mol. The van der Waals surface area contributed by atoms with Gasteiger partial charge in [0.25, 0.3) is 0 Å². The number of hydrogen-bond donors (Lipinski definition) is 1. The molecule has 4 rings (SSSR count). The van der Waals surface area contributed by atoms with Crippen LogP contribution in [0.15, 0.2) is 78.9 Å². The van der Waals surface area contributed by atoms with Gasteiger partial charge in [-0.2, -0.15) is 5.10 Å². The Morgan fingerprint density at radius 2 is 1.65 bits per heavy atom. The van der Waals surface area contributed by atoms with Crippen LogP contribution in [0, 0.1) is 0 Å². The predicted octanol–water partition coefficient (Wildman–Crippen LogP) is 4.67. The molecule has 3 aromatic carbocycles. The Hall–Kier alpha value is -3.60. The smallest absolute Gasteiger partial charge is 0.449 e. The van der Waals surface area contributed by atoms with Gasteiger partial charge in [-0.1, -0.05) is 48.5 Å². The van der Waals surface area contributed by atoms with E-state index < -0.39 is 6.16 Å². The van der Waals surface area contributed by atoms with E-state index in [4.69, 9.17) is 14.9 Å². The third-order valence-corrected chi connectivity index (χ3v) is 4.16. The van der Waals surface area contributed by atoms with Crippen molar-refractivity contribution in [3.8, 4) is 11.4 Å². The van der Waals surface area contributed by atoms with Crippen molar-refractivity contribution in [1.82, 2.24) is 9.78 Å². The molecule has 0 saturated carbocycles. The Bertz CT molecular complexity index is 1060. The molecule has 0 atom stereocenters. The first kappa shape index (κ1) is 15.9. The van der Waals surface area contributed by atoms with Crippen molar-refractivity contribution in [1.29, 1.82) is 0 Å². The first-order valence-corrected chi connectivity index (χ1v) is 8.22. The van der Waals surface area contributed by atoms with Crippen LogP contribution in [0.1, 0.15) is 11.3 Å². The van der Waals surface area contributed by atoms with E-state index in [1.807, 2.05) is 53.2 Å². The van der Waals surface area contributed by atoms with Crippen molar-refractivity contribution < 1.29 is 14.6 Å². The zero-order valence-corrected chi connectivity index (χ0v) is 13.9. The molecule has 4 aromatic rings. The van der Waals surface area contributed by atoms with Gasteiger partial charge in [0.15, 0.2) is 0 Å². The topological polar surface area (TPSA) is 64.3 Å². The lowest BCUT2D eigenvalue weighted by molar-refractivity contribution is 0.144. The molecule has 0 amide bonds. The van der Waals surface area contributed by atoms with E-state index in [9.17, 15) is 4.79 Å². The summed E-state index contributed by atoms with van der Waals surface area (Å²) >= 11 is 0. The maximum atomic E-state index is 10.9. The van der Waals surface area contributed by atoms with Crippen molar-refractivity contribution in [2.45, 2.75) is 6.42 Å². The van der Waals surface area contributed by atoms with Crippen molar-refractivity contribution in [3.05, 3.63) is 90.1 Å². The molecule has 1 N–H and O–H groups in total. The Kier molecular flexibility index (Phi) is 4.11. The van der Waals surface area contributed by atoms with Crippen molar-refractivity contribution in [2.75, 3.05) is 0 Å². The zero-order chi connectivity index (χ0) is 17.9. The molecule has 1 aromatic heterocycles. The number of carbonyl (C=O) groups is 1. The van der Waals surface area contributed by atoms with Gasteiger partial charge in [0, 0.05) is 11.8 Å². The quantitative estimate of drug-likeness (QED) is 0.431. The fourth-order valence-corrected chi connectivity index (χ4v) is 3.02. The first-order valence-electron chi connectivity index (χ1n) is 8.22. The van der Waals surface area contributed by atoms with E-state index in [1.165, 1.54) is 0 Å². The lowest BCUT2D eigenvalue weighted by atomic mass is 10.1. The van der Waals surface area contributed by atoms with Gasteiger partial charge in [-0.3, -0.25) is 0 Å². The monoisotopic (exact) mass is 344 g/mol. The Morgan fingerprint density at radius 3 is 2.35 bits per heavy atom. The summed E-state index contributed by atoms with van der Waals surface area (Å²) < 4.78 is 6.73. The Labute approximate surface area is 150 Å². The van der Waals surface area contributed by atoms with Gasteiger partial charge in [-0.15, -0.1) is 0 Å². The second-order valence-electron chi connectivity index (χ2n) is 5.90. The summed E-state index contributed by atoms with van der Waals surface area (Å²) in [6.45, 7) is 0. The van der Waals surface area contributed by atoms with Crippen LogP contribution in [0.25, 0.3) is 16.6 Å². The van der Waals surface area contributed by atoms with E-state index in [1.54, 1.807) is 18.2 Å². The largest absolute Gasteiger partial charge is 0.511 e. The summed E-state index contributed by atoms with van der Waals surface area (Å²) in [6.07, 6.45) is -0.660. The highest BCUT2D eigenvalue weighted by Crippen LogP contribution is 2.28. The molecule has 1 heterocycles. The molecule has 5 nitrogen and oxygen atoms in total. The van der Waals surface area contributed by atoms with Crippen molar-refractivity contribution in [3.63, 3.8) is 0 Å². The predicted molar refractivity (Wildman–Crippen MR) is 99.0 cm³/mol. The minimum atomic E-state index is -1.33. The lowest BCUT2D eigenvalue weighted by Crippen LogP contribution is -2.03. The molecule has 5 heteroatoms. The SMILES string of the molecule is O=C(O)Oc1ccc2nn(-c3ccccc3)c(Cc3ccccc3)c2c1. The van der Waals surface area contributed by atoms with Crippen LogP contribution < -0.4 is 4.74 Å². The maximum absolute atomic E-state index is 10.9. The van der Waals surface area contributed by atoms with Crippen LogP contribution in [0.2, 0.25) is 0 Å². The highest BCUT2D eigenvalue weighted by atomic mass is 16.7. The molecule has 0 aliphatic rings. The van der Waals surface area contributed by atoms with Gasteiger partial charge in [-0.05, 0) is 35.9 Å². The highest BCUT2D eigenvalue weighted by Gasteiger charge is 2.15. The zero-order valence-electron chi connectivity index (χ0n) is 13.9. The summed E-state index contributed by atoms with van der Waals surface area (Å²) in [4.78, 5) is 10.9. The number of aromatic nitrogens is 2. The third-order valence-electron chi connectivity index (χ3n) is 4.16. The van der Waals surface area contributed by atoms with Gasteiger partial charge in [0.1, 0.15) is 5.75 Å². The molecule has 26 heavy (non-hydrogen) atoms. The molecule has 0 aliphatic carbocycles. The minimum absolute atomic E-state index is 0.284. The summed E-state index contributed by atoms with van der Waals surface area (Å²) in [5.74, 6) is 0.284. The molecule has 0 spiro atoms. The molecule has 0 fully saturated rings. The van der Waals surface area contributed by atoms with Crippen molar-refractivity contribution in [2.24, 2.45) is 0 Å². The fraction of sp³-hybridized carbons (Fsp3) is 0.0476.